The van der Waals surface area contributed by atoms with Crippen LogP contribution in [0.4, 0.5) is 0 Å². The Kier molecular flexibility index (Phi) is 2.93. The van der Waals surface area contributed by atoms with Crippen molar-refractivity contribution in [1.29, 1.82) is 0 Å². The van der Waals surface area contributed by atoms with Crippen LogP contribution in [0.3, 0.4) is 0 Å². The van der Waals surface area contributed by atoms with Gasteiger partial charge in [0.1, 0.15) is 6.04 Å². The highest BCUT2D eigenvalue weighted by Gasteiger charge is 2.30. The van der Waals surface area contributed by atoms with Crippen LogP contribution in [0, 0.1) is 5.92 Å². The van der Waals surface area contributed by atoms with Crippen molar-refractivity contribution in [2.45, 2.75) is 51.1 Å². The normalized spacial score (nSPS) is 35.3. The number of nitrogens with one attached hydrogen (secondary N) is 2. The highest BCUT2D eigenvalue weighted by Crippen LogP contribution is 2.24. The number of carbonyl (C=O) groups is 2. The Bertz CT molecular complexity index is 278. The minimum atomic E-state index is -0.284. The summed E-state index contributed by atoms with van der Waals surface area (Å²) in [5.41, 5.74) is 0. The van der Waals surface area contributed by atoms with Crippen molar-refractivity contribution in [2.75, 3.05) is 0 Å². The first-order valence-corrected chi connectivity index (χ1v) is 5.75. The van der Waals surface area contributed by atoms with E-state index in [4.69, 9.17) is 0 Å². The maximum Gasteiger partial charge on any atom is 0.242 e. The second-order valence-corrected chi connectivity index (χ2v) is 4.78. The highest BCUT2D eigenvalue weighted by atomic mass is 16.2. The second-order valence-electron chi connectivity index (χ2n) is 4.78. The molecule has 1 saturated heterocycles. The third-order valence-electron chi connectivity index (χ3n) is 3.35. The van der Waals surface area contributed by atoms with Crippen molar-refractivity contribution in [2.24, 2.45) is 5.92 Å². The summed E-state index contributed by atoms with van der Waals surface area (Å²) in [5, 5.41) is 5.71. The first kappa shape index (κ1) is 10.5. The zero-order chi connectivity index (χ0) is 10.8. The van der Waals surface area contributed by atoms with Gasteiger partial charge in [0.25, 0.3) is 0 Å². The molecule has 0 aromatic carbocycles. The first-order valence-electron chi connectivity index (χ1n) is 5.75. The van der Waals surface area contributed by atoms with Gasteiger partial charge in [0.15, 0.2) is 0 Å². The molecule has 2 rings (SSSR count). The van der Waals surface area contributed by atoms with E-state index < -0.39 is 0 Å². The Balaban J connectivity index is 1.79. The third kappa shape index (κ3) is 2.49. The molecule has 15 heavy (non-hydrogen) atoms. The fraction of sp³-hybridized carbons (Fsp3) is 0.818. The van der Waals surface area contributed by atoms with Gasteiger partial charge in [0.05, 0.1) is 0 Å². The fourth-order valence-electron chi connectivity index (χ4n) is 2.45. The molecule has 2 aliphatic rings. The van der Waals surface area contributed by atoms with Crippen molar-refractivity contribution >= 4 is 11.8 Å². The number of amides is 2. The zero-order valence-corrected chi connectivity index (χ0v) is 9.08. The number of rotatable bonds is 2. The van der Waals surface area contributed by atoms with Gasteiger partial charge in [0.2, 0.25) is 11.8 Å². The van der Waals surface area contributed by atoms with Crippen molar-refractivity contribution in [1.82, 2.24) is 10.6 Å². The van der Waals surface area contributed by atoms with E-state index in [9.17, 15) is 9.59 Å². The average molecular weight is 210 g/mol. The Morgan fingerprint density at radius 2 is 2.20 bits per heavy atom. The van der Waals surface area contributed by atoms with Crippen LogP contribution in [0.15, 0.2) is 0 Å². The quantitative estimate of drug-likeness (QED) is 0.700. The lowest BCUT2D eigenvalue weighted by molar-refractivity contribution is -0.126. The molecule has 0 bridgehead atoms. The molecule has 1 saturated carbocycles. The van der Waals surface area contributed by atoms with Gasteiger partial charge in [-0.25, -0.2) is 0 Å². The van der Waals surface area contributed by atoms with Crippen molar-refractivity contribution < 1.29 is 9.59 Å². The Hall–Kier alpha value is -1.06. The molecular weight excluding hydrogens is 192 g/mol. The molecule has 0 radical (unpaired) electrons. The predicted molar refractivity (Wildman–Crippen MR) is 56.1 cm³/mol. The molecule has 4 heteroatoms. The fourth-order valence-corrected chi connectivity index (χ4v) is 2.45. The summed E-state index contributed by atoms with van der Waals surface area (Å²) in [6.45, 7) is 2.21. The smallest absolute Gasteiger partial charge is 0.242 e. The SMILES string of the molecule is CC1CCC(NC(=O)[C@@H]2CCC(=O)N2)C1. The molecule has 2 unspecified atom stereocenters. The maximum atomic E-state index is 11.7. The lowest BCUT2D eigenvalue weighted by atomic mass is 10.1. The highest BCUT2D eigenvalue weighted by molar-refractivity contribution is 5.90. The van der Waals surface area contributed by atoms with Crippen LogP contribution in [-0.2, 0) is 9.59 Å². The summed E-state index contributed by atoms with van der Waals surface area (Å²) in [4.78, 5) is 22.7. The molecule has 2 fully saturated rings. The van der Waals surface area contributed by atoms with Gasteiger partial charge in [-0.15, -0.1) is 0 Å². The van der Waals surface area contributed by atoms with E-state index in [-0.39, 0.29) is 17.9 Å². The van der Waals surface area contributed by atoms with E-state index in [2.05, 4.69) is 17.6 Å². The average Bonchev–Trinajstić information content (AvgIpc) is 2.75. The second kappa shape index (κ2) is 4.21. The largest absolute Gasteiger partial charge is 0.352 e. The van der Waals surface area contributed by atoms with E-state index in [1.807, 2.05) is 0 Å². The van der Waals surface area contributed by atoms with Crippen molar-refractivity contribution in [3.05, 3.63) is 0 Å². The minimum Gasteiger partial charge on any atom is -0.352 e. The summed E-state index contributed by atoms with van der Waals surface area (Å²) in [6.07, 6.45) is 4.48. The van der Waals surface area contributed by atoms with E-state index in [0.717, 1.165) is 12.8 Å². The zero-order valence-electron chi connectivity index (χ0n) is 9.08. The molecular formula is C11H18N2O2. The van der Waals surface area contributed by atoms with Crippen LogP contribution in [0.1, 0.15) is 39.0 Å². The molecule has 2 N–H and O–H groups in total. The van der Waals surface area contributed by atoms with Gasteiger partial charge in [-0.1, -0.05) is 6.92 Å². The predicted octanol–water partition coefficient (Wildman–Crippen LogP) is 0.570. The Morgan fingerprint density at radius 3 is 2.73 bits per heavy atom. The molecule has 84 valence electrons. The molecule has 1 aliphatic heterocycles. The Labute approximate surface area is 89.8 Å². The molecule has 3 atom stereocenters. The van der Waals surface area contributed by atoms with Gasteiger partial charge < -0.3 is 10.6 Å². The monoisotopic (exact) mass is 210 g/mol. The van der Waals surface area contributed by atoms with E-state index in [0.29, 0.717) is 24.8 Å². The van der Waals surface area contributed by atoms with Gasteiger partial charge in [0, 0.05) is 12.5 Å². The van der Waals surface area contributed by atoms with Crippen LogP contribution < -0.4 is 10.6 Å². The van der Waals surface area contributed by atoms with Crippen molar-refractivity contribution in [3.8, 4) is 0 Å². The molecule has 0 aromatic heterocycles. The third-order valence-corrected chi connectivity index (χ3v) is 3.35. The van der Waals surface area contributed by atoms with Crippen LogP contribution in [0.5, 0.6) is 0 Å². The summed E-state index contributed by atoms with van der Waals surface area (Å²) in [5.74, 6) is 0.711. The van der Waals surface area contributed by atoms with E-state index >= 15 is 0 Å². The standard InChI is InChI=1S/C11H18N2O2/c1-7-2-3-8(6-7)12-11(15)9-4-5-10(14)13-9/h7-9H,2-6H2,1H3,(H,12,15)(H,13,14)/t7?,8?,9-/m0/s1. The van der Waals surface area contributed by atoms with Crippen LogP contribution in [0.2, 0.25) is 0 Å². The summed E-state index contributed by atoms with van der Waals surface area (Å²) in [6, 6.07) is 0.0402. The summed E-state index contributed by atoms with van der Waals surface area (Å²) >= 11 is 0. The van der Waals surface area contributed by atoms with Crippen LogP contribution in [0.25, 0.3) is 0 Å². The van der Waals surface area contributed by atoms with Gasteiger partial charge >= 0.3 is 0 Å². The van der Waals surface area contributed by atoms with Gasteiger partial charge in [-0.2, -0.15) is 0 Å². The van der Waals surface area contributed by atoms with Crippen LogP contribution >= 0.6 is 0 Å². The molecule has 1 heterocycles. The summed E-state index contributed by atoms with van der Waals surface area (Å²) in [7, 11) is 0. The van der Waals surface area contributed by atoms with E-state index in [1.54, 1.807) is 0 Å². The summed E-state index contributed by atoms with van der Waals surface area (Å²) < 4.78 is 0. The molecule has 0 spiro atoms. The topological polar surface area (TPSA) is 58.2 Å². The molecule has 2 amide bonds. The number of carbonyl (C=O) groups excluding carboxylic acids is 2. The lowest BCUT2D eigenvalue weighted by Crippen LogP contribution is -2.45. The number of hydrogen-bond acceptors (Lipinski definition) is 2. The minimum absolute atomic E-state index is 0.0000463. The lowest BCUT2D eigenvalue weighted by Gasteiger charge is -2.16. The van der Waals surface area contributed by atoms with Gasteiger partial charge in [-0.05, 0) is 31.6 Å². The first-order chi connectivity index (χ1) is 7.15. The van der Waals surface area contributed by atoms with Crippen molar-refractivity contribution in [3.63, 3.8) is 0 Å². The van der Waals surface area contributed by atoms with Gasteiger partial charge in [-0.3, -0.25) is 9.59 Å². The van der Waals surface area contributed by atoms with Crippen LogP contribution in [-0.4, -0.2) is 23.9 Å². The Morgan fingerprint density at radius 1 is 1.40 bits per heavy atom. The molecule has 0 aromatic rings. The van der Waals surface area contributed by atoms with E-state index in [1.165, 1.54) is 6.42 Å². The molecule has 1 aliphatic carbocycles. The number of hydrogen-bond donors (Lipinski definition) is 2. The molecule has 4 nitrogen and oxygen atoms in total. The maximum absolute atomic E-state index is 11.7.